The van der Waals surface area contributed by atoms with Crippen LogP contribution in [0, 0.1) is 6.92 Å². The first-order valence-corrected chi connectivity index (χ1v) is 14.7. The van der Waals surface area contributed by atoms with E-state index in [1.165, 1.54) is 11.4 Å². The van der Waals surface area contributed by atoms with Crippen molar-refractivity contribution in [2.75, 3.05) is 31.3 Å². The molecule has 1 atom stereocenters. The average Bonchev–Trinajstić information content (AvgIpc) is 2.93. The molecule has 0 saturated carbocycles. The van der Waals surface area contributed by atoms with E-state index in [1.807, 2.05) is 61.5 Å². The molecule has 208 valence electrons. The number of ether oxygens (including phenoxy) is 1. The second kappa shape index (κ2) is 13.8. The largest absolute Gasteiger partial charge is 0.495 e. The van der Waals surface area contributed by atoms with Crippen molar-refractivity contribution >= 4 is 27.5 Å². The fourth-order valence-electron chi connectivity index (χ4n) is 4.43. The maximum Gasteiger partial charge on any atom is 0.242 e. The molecule has 0 spiro atoms. The molecule has 39 heavy (non-hydrogen) atoms. The van der Waals surface area contributed by atoms with Gasteiger partial charge in [-0.1, -0.05) is 72.3 Å². The summed E-state index contributed by atoms with van der Waals surface area (Å²) in [6, 6.07) is 23.6. The van der Waals surface area contributed by atoms with Gasteiger partial charge in [0.05, 0.1) is 19.1 Å². The number of rotatable bonds is 13. The van der Waals surface area contributed by atoms with Gasteiger partial charge in [0.15, 0.2) is 0 Å². The van der Waals surface area contributed by atoms with Gasteiger partial charge in [-0.25, -0.2) is 8.42 Å². The molecule has 0 bridgehead atoms. The Balaban J connectivity index is 1.85. The second-order valence-electron chi connectivity index (χ2n) is 9.44. The molecule has 1 N–H and O–H groups in total. The van der Waals surface area contributed by atoms with E-state index in [0.717, 1.165) is 22.9 Å². The van der Waals surface area contributed by atoms with Gasteiger partial charge in [0.2, 0.25) is 21.8 Å². The summed E-state index contributed by atoms with van der Waals surface area (Å²) in [6.45, 7) is 2.34. The number of anilines is 1. The highest BCUT2D eigenvalue weighted by Crippen LogP contribution is 2.30. The Hall–Kier alpha value is -3.85. The number of amides is 2. The van der Waals surface area contributed by atoms with Gasteiger partial charge < -0.3 is 15.0 Å². The van der Waals surface area contributed by atoms with E-state index in [-0.39, 0.29) is 37.7 Å². The number of carbonyl (C=O) groups is 2. The lowest BCUT2D eigenvalue weighted by Gasteiger charge is -2.31. The molecule has 0 fully saturated rings. The Kier molecular flexibility index (Phi) is 10.5. The van der Waals surface area contributed by atoms with Crippen molar-refractivity contribution in [3.63, 3.8) is 0 Å². The van der Waals surface area contributed by atoms with E-state index in [4.69, 9.17) is 4.74 Å². The summed E-state index contributed by atoms with van der Waals surface area (Å²) in [4.78, 5) is 28.4. The van der Waals surface area contributed by atoms with Crippen LogP contribution in [0.15, 0.2) is 78.9 Å². The van der Waals surface area contributed by atoms with E-state index in [9.17, 15) is 18.0 Å². The number of benzene rings is 3. The number of nitrogens with one attached hydrogen (secondary N) is 1. The van der Waals surface area contributed by atoms with E-state index in [2.05, 4.69) is 5.32 Å². The van der Waals surface area contributed by atoms with E-state index in [1.54, 1.807) is 36.2 Å². The summed E-state index contributed by atoms with van der Waals surface area (Å²) in [5, 5.41) is 2.71. The van der Waals surface area contributed by atoms with Crippen LogP contribution in [0.3, 0.4) is 0 Å². The minimum atomic E-state index is -3.63. The number of hydrogen-bond donors (Lipinski definition) is 1. The Morgan fingerprint density at radius 2 is 1.56 bits per heavy atom. The molecule has 3 aromatic rings. The topological polar surface area (TPSA) is 96.0 Å². The lowest BCUT2D eigenvalue weighted by atomic mass is 10.0. The lowest BCUT2D eigenvalue weighted by molar-refractivity contribution is -0.141. The van der Waals surface area contributed by atoms with Crippen LogP contribution in [0.5, 0.6) is 5.75 Å². The Bertz CT molecular complexity index is 1340. The van der Waals surface area contributed by atoms with Gasteiger partial charge in [0, 0.05) is 33.0 Å². The van der Waals surface area contributed by atoms with Crippen LogP contribution in [-0.2, 0) is 32.6 Å². The number of aryl methyl sites for hydroxylation is 1. The summed E-state index contributed by atoms with van der Waals surface area (Å²) >= 11 is 0. The normalized spacial score (nSPS) is 11.9. The summed E-state index contributed by atoms with van der Waals surface area (Å²) < 4.78 is 31.9. The maximum atomic E-state index is 13.7. The van der Waals surface area contributed by atoms with E-state index in [0.29, 0.717) is 17.9 Å². The van der Waals surface area contributed by atoms with Crippen LogP contribution in [0.25, 0.3) is 0 Å². The predicted molar refractivity (Wildman–Crippen MR) is 154 cm³/mol. The molecule has 9 heteroatoms. The predicted octanol–water partition coefficient (Wildman–Crippen LogP) is 3.94. The third kappa shape index (κ3) is 8.32. The number of likely N-dealkylation sites (N-methyl/N-ethyl adjacent to an activating group) is 1. The van der Waals surface area contributed by atoms with Gasteiger partial charge in [0.1, 0.15) is 11.8 Å². The SMILES string of the molecule is CNC(=O)C(Cc1ccccc1)N(Cc1ccc(C)cc1)C(=O)CCCN(c1ccccc1OC)S(C)(=O)=O. The highest BCUT2D eigenvalue weighted by atomic mass is 32.2. The van der Waals surface area contributed by atoms with Crippen LogP contribution < -0.4 is 14.4 Å². The molecule has 0 aliphatic heterocycles. The van der Waals surface area contributed by atoms with Gasteiger partial charge >= 0.3 is 0 Å². The smallest absolute Gasteiger partial charge is 0.242 e. The lowest BCUT2D eigenvalue weighted by Crippen LogP contribution is -2.49. The first kappa shape index (κ1) is 29.7. The summed E-state index contributed by atoms with van der Waals surface area (Å²) in [5.74, 6) is -0.0579. The van der Waals surface area contributed by atoms with Crippen molar-refractivity contribution in [1.82, 2.24) is 10.2 Å². The Morgan fingerprint density at radius 1 is 0.923 bits per heavy atom. The minimum Gasteiger partial charge on any atom is -0.495 e. The monoisotopic (exact) mass is 551 g/mol. The summed E-state index contributed by atoms with van der Waals surface area (Å²) in [7, 11) is -0.586. The summed E-state index contributed by atoms with van der Waals surface area (Å²) in [6.07, 6.45) is 1.82. The molecule has 3 aromatic carbocycles. The number of para-hydroxylation sites is 2. The molecule has 8 nitrogen and oxygen atoms in total. The Morgan fingerprint density at radius 3 is 2.18 bits per heavy atom. The molecular weight excluding hydrogens is 514 g/mol. The molecule has 0 aliphatic carbocycles. The maximum absolute atomic E-state index is 13.7. The highest BCUT2D eigenvalue weighted by molar-refractivity contribution is 7.92. The zero-order valence-electron chi connectivity index (χ0n) is 23.0. The zero-order chi connectivity index (χ0) is 28.4. The molecule has 0 heterocycles. The van der Waals surface area contributed by atoms with Gasteiger partial charge in [-0.2, -0.15) is 0 Å². The number of methoxy groups -OCH3 is 1. The third-order valence-corrected chi connectivity index (χ3v) is 7.68. The van der Waals surface area contributed by atoms with Crippen LogP contribution in [0.1, 0.15) is 29.5 Å². The van der Waals surface area contributed by atoms with Crippen molar-refractivity contribution in [2.24, 2.45) is 0 Å². The quantitative estimate of drug-likeness (QED) is 0.347. The molecule has 2 amide bonds. The average molecular weight is 552 g/mol. The second-order valence-corrected chi connectivity index (χ2v) is 11.3. The number of hydrogen-bond acceptors (Lipinski definition) is 5. The standard InChI is InChI=1S/C30H37N3O5S/c1-23-16-18-25(19-17-23)22-32(27(30(35)31-2)21-24-11-6-5-7-12-24)29(34)15-10-20-33(39(4,36)37)26-13-8-9-14-28(26)38-3/h5-9,11-14,16-19,27H,10,15,20-22H2,1-4H3,(H,31,35). The van der Waals surface area contributed by atoms with E-state index >= 15 is 0 Å². The first-order chi connectivity index (χ1) is 18.6. The van der Waals surface area contributed by atoms with Crippen molar-refractivity contribution in [3.05, 3.63) is 95.6 Å². The fraction of sp³-hybridized carbons (Fsp3) is 0.333. The van der Waals surface area contributed by atoms with Gasteiger partial charge in [-0.05, 0) is 36.6 Å². The summed E-state index contributed by atoms with van der Waals surface area (Å²) in [5.41, 5.74) is 3.36. The minimum absolute atomic E-state index is 0.0648. The first-order valence-electron chi connectivity index (χ1n) is 12.8. The Labute approximate surface area is 231 Å². The van der Waals surface area contributed by atoms with Crippen molar-refractivity contribution < 1.29 is 22.7 Å². The van der Waals surface area contributed by atoms with Crippen LogP contribution >= 0.6 is 0 Å². The molecule has 3 rings (SSSR count). The van der Waals surface area contributed by atoms with Gasteiger partial charge in [-0.15, -0.1) is 0 Å². The van der Waals surface area contributed by atoms with Crippen LogP contribution in [-0.4, -0.2) is 58.1 Å². The number of carbonyl (C=O) groups excluding carboxylic acids is 2. The van der Waals surface area contributed by atoms with Crippen molar-refractivity contribution in [2.45, 2.75) is 38.8 Å². The van der Waals surface area contributed by atoms with E-state index < -0.39 is 16.1 Å². The van der Waals surface area contributed by atoms with Crippen LogP contribution in [0.4, 0.5) is 5.69 Å². The van der Waals surface area contributed by atoms with Gasteiger partial charge in [0.25, 0.3) is 0 Å². The highest BCUT2D eigenvalue weighted by Gasteiger charge is 2.30. The number of sulfonamides is 1. The van der Waals surface area contributed by atoms with Crippen molar-refractivity contribution in [3.8, 4) is 5.75 Å². The van der Waals surface area contributed by atoms with Crippen molar-refractivity contribution in [1.29, 1.82) is 0 Å². The fourth-order valence-corrected chi connectivity index (χ4v) is 5.40. The van der Waals surface area contributed by atoms with Gasteiger partial charge in [-0.3, -0.25) is 13.9 Å². The molecule has 0 aromatic heterocycles. The number of nitrogens with zero attached hydrogens (tertiary/aromatic N) is 2. The molecule has 0 saturated heterocycles. The zero-order valence-corrected chi connectivity index (χ0v) is 23.8. The molecular formula is C30H37N3O5S. The van der Waals surface area contributed by atoms with Crippen LogP contribution in [0.2, 0.25) is 0 Å². The molecule has 0 radical (unpaired) electrons. The molecule has 1 unspecified atom stereocenters. The third-order valence-electron chi connectivity index (χ3n) is 6.50. The molecule has 0 aliphatic rings.